The number of likely N-dealkylation sites (tertiary alicyclic amines) is 1. The summed E-state index contributed by atoms with van der Waals surface area (Å²) in [7, 11) is 0. The number of hydrogen-bond donors (Lipinski definition) is 1. The summed E-state index contributed by atoms with van der Waals surface area (Å²) in [6.07, 6.45) is 6.42. The lowest BCUT2D eigenvalue weighted by atomic mass is 10.0. The van der Waals surface area contributed by atoms with Gasteiger partial charge in [0.15, 0.2) is 0 Å². The summed E-state index contributed by atoms with van der Waals surface area (Å²) >= 11 is 5.86. The average molecular weight is 228 g/mol. The molecule has 1 aromatic rings. The van der Waals surface area contributed by atoms with Crippen LogP contribution in [-0.2, 0) is 0 Å². The number of piperidine rings is 1. The molecule has 1 unspecified atom stereocenters. The third kappa shape index (κ3) is 2.15. The minimum atomic E-state index is 0.0362. The first-order chi connectivity index (χ1) is 7.33. The van der Waals surface area contributed by atoms with Crippen LogP contribution in [0.1, 0.15) is 29.6 Å². The lowest BCUT2D eigenvalue weighted by Crippen LogP contribution is -2.44. The lowest BCUT2D eigenvalue weighted by molar-refractivity contribution is 0.0639. The summed E-state index contributed by atoms with van der Waals surface area (Å²) in [4.78, 5) is 13.9. The van der Waals surface area contributed by atoms with E-state index in [2.05, 4.69) is 10.2 Å². The molecule has 2 rings (SSSR count). The fraction of sp³-hybridized carbons (Fsp3) is 0.600. The summed E-state index contributed by atoms with van der Waals surface area (Å²) in [6.45, 7) is 0.807. The number of aromatic nitrogens is 2. The molecule has 5 heteroatoms. The van der Waals surface area contributed by atoms with E-state index in [9.17, 15) is 4.79 Å². The molecule has 1 aromatic heterocycles. The molecule has 1 saturated heterocycles. The van der Waals surface area contributed by atoms with E-state index in [0.29, 0.717) is 11.4 Å². The molecule has 1 aliphatic heterocycles. The maximum atomic E-state index is 12.0. The monoisotopic (exact) mass is 227 g/mol. The van der Waals surface area contributed by atoms with Crippen molar-refractivity contribution < 1.29 is 4.79 Å². The molecular formula is C10H14ClN3O. The summed E-state index contributed by atoms with van der Waals surface area (Å²) in [5.41, 5.74) is 0.618. The van der Waals surface area contributed by atoms with E-state index < -0.39 is 0 Å². The number of carbonyl (C=O) groups is 1. The smallest absolute Gasteiger partial charge is 0.257 e. The molecule has 2 heterocycles. The molecule has 0 spiro atoms. The van der Waals surface area contributed by atoms with Crippen molar-refractivity contribution in [3.05, 3.63) is 18.0 Å². The third-order valence-corrected chi connectivity index (χ3v) is 3.17. The van der Waals surface area contributed by atoms with Gasteiger partial charge in [-0.15, -0.1) is 11.6 Å². The van der Waals surface area contributed by atoms with Gasteiger partial charge in [0.2, 0.25) is 0 Å². The zero-order valence-corrected chi connectivity index (χ0v) is 9.20. The van der Waals surface area contributed by atoms with Crippen LogP contribution in [0, 0.1) is 0 Å². The lowest BCUT2D eigenvalue weighted by Gasteiger charge is -2.34. The Balaban J connectivity index is 2.11. The van der Waals surface area contributed by atoms with E-state index in [1.807, 2.05) is 4.90 Å². The van der Waals surface area contributed by atoms with Gasteiger partial charge in [0.05, 0.1) is 11.8 Å². The second-order valence-electron chi connectivity index (χ2n) is 3.79. The maximum Gasteiger partial charge on any atom is 0.257 e. The van der Waals surface area contributed by atoms with E-state index in [1.54, 1.807) is 12.4 Å². The Kier molecular flexibility index (Phi) is 3.26. The largest absolute Gasteiger partial charge is 0.334 e. The number of H-pyrrole nitrogens is 1. The highest BCUT2D eigenvalue weighted by atomic mass is 35.5. The van der Waals surface area contributed by atoms with E-state index in [-0.39, 0.29) is 11.9 Å². The normalized spacial score (nSPS) is 21.7. The zero-order chi connectivity index (χ0) is 10.7. The van der Waals surface area contributed by atoms with Crippen molar-refractivity contribution in [2.24, 2.45) is 0 Å². The Hall–Kier alpha value is -1.03. The minimum absolute atomic E-state index is 0.0362. The molecule has 0 radical (unpaired) electrons. The Morgan fingerprint density at radius 2 is 2.53 bits per heavy atom. The van der Waals surface area contributed by atoms with Gasteiger partial charge in [-0.05, 0) is 19.3 Å². The predicted octanol–water partition coefficient (Wildman–Crippen LogP) is 1.64. The highest BCUT2D eigenvalue weighted by Crippen LogP contribution is 2.20. The van der Waals surface area contributed by atoms with Gasteiger partial charge in [0.1, 0.15) is 0 Å². The number of halogens is 1. The van der Waals surface area contributed by atoms with Gasteiger partial charge in [0.25, 0.3) is 5.91 Å². The number of nitrogens with one attached hydrogen (secondary N) is 1. The minimum Gasteiger partial charge on any atom is -0.334 e. The molecule has 1 atom stereocenters. The summed E-state index contributed by atoms with van der Waals surface area (Å²) in [5, 5.41) is 6.44. The summed E-state index contributed by atoms with van der Waals surface area (Å²) < 4.78 is 0. The van der Waals surface area contributed by atoms with Gasteiger partial charge in [0, 0.05) is 24.7 Å². The van der Waals surface area contributed by atoms with Crippen LogP contribution in [0.25, 0.3) is 0 Å². The van der Waals surface area contributed by atoms with Gasteiger partial charge in [-0.2, -0.15) is 5.10 Å². The molecule has 15 heavy (non-hydrogen) atoms. The van der Waals surface area contributed by atoms with Crippen molar-refractivity contribution in [1.29, 1.82) is 0 Å². The molecule has 1 N–H and O–H groups in total. The highest BCUT2D eigenvalue weighted by molar-refractivity contribution is 6.18. The third-order valence-electron chi connectivity index (χ3n) is 2.81. The van der Waals surface area contributed by atoms with Crippen molar-refractivity contribution in [3.63, 3.8) is 0 Å². The van der Waals surface area contributed by atoms with E-state index >= 15 is 0 Å². The van der Waals surface area contributed by atoms with Gasteiger partial charge in [-0.1, -0.05) is 0 Å². The number of amides is 1. The quantitative estimate of drug-likeness (QED) is 0.781. The van der Waals surface area contributed by atoms with Crippen molar-refractivity contribution >= 4 is 17.5 Å². The molecule has 1 fully saturated rings. The molecule has 82 valence electrons. The number of aromatic amines is 1. The Labute approximate surface area is 93.6 Å². The SMILES string of the molecule is O=C(c1cn[nH]c1)N1CCCCC1CCl. The molecule has 1 amide bonds. The van der Waals surface area contributed by atoms with Gasteiger partial charge >= 0.3 is 0 Å². The number of alkyl halides is 1. The van der Waals surface area contributed by atoms with E-state index in [0.717, 1.165) is 25.8 Å². The molecule has 0 bridgehead atoms. The predicted molar refractivity (Wildman–Crippen MR) is 58.0 cm³/mol. The Morgan fingerprint density at radius 3 is 3.20 bits per heavy atom. The van der Waals surface area contributed by atoms with Gasteiger partial charge in [-0.3, -0.25) is 9.89 Å². The van der Waals surface area contributed by atoms with Crippen LogP contribution >= 0.6 is 11.6 Å². The molecule has 1 aliphatic rings. The van der Waals surface area contributed by atoms with Crippen LogP contribution in [-0.4, -0.2) is 39.5 Å². The van der Waals surface area contributed by atoms with E-state index in [4.69, 9.17) is 11.6 Å². The molecule has 0 saturated carbocycles. The van der Waals surface area contributed by atoms with Crippen LogP contribution in [0.5, 0.6) is 0 Å². The second-order valence-corrected chi connectivity index (χ2v) is 4.10. The number of hydrogen-bond acceptors (Lipinski definition) is 2. The fourth-order valence-corrected chi connectivity index (χ4v) is 2.28. The highest BCUT2D eigenvalue weighted by Gasteiger charge is 2.26. The Morgan fingerprint density at radius 1 is 1.67 bits per heavy atom. The summed E-state index contributed by atoms with van der Waals surface area (Å²) in [5.74, 6) is 0.554. The first-order valence-electron chi connectivity index (χ1n) is 5.18. The number of rotatable bonds is 2. The topological polar surface area (TPSA) is 49.0 Å². The van der Waals surface area contributed by atoms with E-state index in [1.165, 1.54) is 0 Å². The maximum absolute atomic E-state index is 12.0. The van der Waals surface area contributed by atoms with Crippen molar-refractivity contribution in [3.8, 4) is 0 Å². The van der Waals surface area contributed by atoms with Crippen LogP contribution in [0.3, 0.4) is 0 Å². The average Bonchev–Trinajstić information content (AvgIpc) is 2.81. The fourth-order valence-electron chi connectivity index (χ4n) is 1.96. The second kappa shape index (κ2) is 4.66. The van der Waals surface area contributed by atoms with Crippen LogP contribution in [0.15, 0.2) is 12.4 Å². The molecular weight excluding hydrogens is 214 g/mol. The molecule has 0 aliphatic carbocycles. The van der Waals surface area contributed by atoms with Gasteiger partial charge in [-0.25, -0.2) is 0 Å². The molecule has 4 nitrogen and oxygen atoms in total. The first-order valence-corrected chi connectivity index (χ1v) is 5.72. The van der Waals surface area contributed by atoms with Crippen LogP contribution < -0.4 is 0 Å². The standard InChI is InChI=1S/C10H14ClN3O/c11-5-9-3-1-2-4-14(9)10(15)8-6-12-13-7-8/h6-7,9H,1-5H2,(H,12,13). The van der Waals surface area contributed by atoms with Crippen LogP contribution in [0.4, 0.5) is 0 Å². The zero-order valence-electron chi connectivity index (χ0n) is 8.45. The van der Waals surface area contributed by atoms with Gasteiger partial charge < -0.3 is 4.90 Å². The number of carbonyl (C=O) groups excluding carboxylic acids is 1. The summed E-state index contributed by atoms with van der Waals surface area (Å²) in [6, 6.07) is 0.183. The van der Waals surface area contributed by atoms with Crippen LogP contribution in [0.2, 0.25) is 0 Å². The molecule has 0 aromatic carbocycles. The van der Waals surface area contributed by atoms with Crippen molar-refractivity contribution in [1.82, 2.24) is 15.1 Å². The van der Waals surface area contributed by atoms with Crippen molar-refractivity contribution in [2.45, 2.75) is 25.3 Å². The van der Waals surface area contributed by atoms with Crippen molar-refractivity contribution in [2.75, 3.05) is 12.4 Å². The number of nitrogens with zero attached hydrogens (tertiary/aromatic N) is 2. The Bertz CT molecular complexity index is 325. The first kappa shape index (κ1) is 10.5.